The van der Waals surface area contributed by atoms with E-state index in [0.717, 1.165) is 38.6 Å². The average molecular weight is 256 g/mol. The van der Waals surface area contributed by atoms with Crippen LogP contribution in [0, 0.1) is 5.92 Å². The van der Waals surface area contributed by atoms with Gasteiger partial charge in [-0.05, 0) is 38.4 Å². The molecule has 0 aromatic carbocycles. The summed E-state index contributed by atoms with van der Waals surface area (Å²) in [5.41, 5.74) is -0.0360. The number of nitrogens with one attached hydrogen (secondary N) is 1. The molecule has 2 rings (SSSR count). The van der Waals surface area contributed by atoms with Gasteiger partial charge in [-0.15, -0.1) is 0 Å². The molecular formula is C14H28N2O2. The Balaban J connectivity index is 1.71. The van der Waals surface area contributed by atoms with Gasteiger partial charge in [0.1, 0.15) is 5.60 Å². The molecule has 2 atom stereocenters. The highest BCUT2D eigenvalue weighted by atomic mass is 16.5. The smallest absolute Gasteiger partial charge is 0.106 e. The largest absolute Gasteiger partial charge is 0.378 e. The van der Waals surface area contributed by atoms with E-state index in [1.54, 1.807) is 0 Å². The van der Waals surface area contributed by atoms with Crippen molar-refractivity contribution in [2.75, 3.05) is 53.0 Å². The number of methoxy groups -OCH3 is 1. The van der Waals surface area contributed by atoms with Crippen LogP contribution in [-0.4, -0.2) is 63.5 Å². The number of hydrogen-bond acceptors (Lipinski definition) is 4. The van der Waals surface area contributed by atoms with Gasteiger partial charge in [-0.1, -0.05) is 6.92 Å². The summed E-state index contributed by atoms with van der Waals surface area (Å²) in [6, 6.07) is 0. The summed E-state index contributed by atoms with van der Waals surface area (Å²) in [6.07, 6.45) is 3.58. The lowest BCUT2D eigenvalue weighted by Crippen LogP contribution is -2.44. The predicted molar refractivity (Wildman–Crippen MR) is 72.9 cm³/mol. The van der Waals surface area contributed by atoms with Gasteiger partial charge in [0, 0.05) is 33.2 Å². The molecule has 4 nitrogen and oxygen atoms in total. The molecule has 0 radical (unpaired) electrons. The highest BCUT2D eigenvalue weighted by molar-refractivity contribution is 4.90. The first kappa shape index (κ1) is 14.3. The number of rotatable bonds is 7. The first-order chi connectivity index (χ1) is 8.78. The van der Waals surface area contributed by atoms with E-state index in [0.29, 0.717) is 0 Å². The lowest BCUT2D eigenvalue weighted by atomic mass is 10.0. The van der Waals surface area contributed by atoms with E-state index in [4.69, 9.17) is 9.47 Å². The Hall–Kier alpha value is -0.160. The molecule has 2 fully saturated rings. The lowest BCUT2D eigenvalue weighted by molar-refractivity contribution is -0.0375. The maximum atomic E-state index is 5.71. The summed E-state index contributed by atoms with van der Waals surface area (Å²) in [4.78, 5) is 2.55. The number of likely N-dealkylation sites (tertiary alicyclic amines) is 1. The molecule has 0 aliphatic carbocycles. The SMILES string of the molecule is CCCNCC1CCN(CC2(OC)CCOC2)C1. The highest BCUT2D eigenvalue weighted by Gasteiger charge is 2.38. The normalized spacial score (nSPS) is 33.3. The van der Waals surface area contributed by atoms with Gasteiger partial charge in [0.05, 0.1) is 6.61 Å². The van der Waals surface area contributed by atoms with E-state index in [1.807, 2.05) is 7.11 Å². The van der Waals surface area contributed by atoms with Crippen LogP contribution in [0.2, 0.25) is 0 Å². The number of nitrogens with zero attached hydrogens (tertiary/aromatic N) is 1. The standard InChI is InChI=1S/C14H28N2O2/c1-3-6-15-9-13-4-7-16(10-13)11-14(17-2)5-8-18-12-14/h13,15H,3-12H2,1-2H3. The third-order valence-electron chi connectivity index (χ3n) is 4.24. The average Bonchev–Trinajstić information content (AvgIpc) is 3.01. The minimum atomic E-state index is -0.0360. The summed E-state index contributed by atoms with van der Waals surface area (Å²) in [6.45, 7) is 9.60. The van der Waals surface area contributed by atoms with Crippen LogP contribution in [0.4, 0.5) is 0 Å². The van der Waals surface area contributed by atoms with Gasteiger partial charge in [0.2, 0.25) is 0 Å². The summed E-state index contributed by atoms with van der Waals surface area (Å²) in [5.74, 6) is 0.813. The molecule has 2 saturated heterocycles. The molecule has 0 bridgehead atoms. The second-order valence-corrected chi connectivity index (χ2v) is 5.78. The van der Waals surface area contributed by atoms with Gasteiger partial charge < -0.3 is 19.7 Å². The van der Waals surface area contributed by atoms with Gasteiger partial charge in [-0.2, -0.15) is 0 Å². The van der Waals surface area contributed by atoms with E-state index in [9.17, 15) is 0 Å². The summed E-state index contributed by atoms with van der Waals surface area (Å²) in [5, 5.41) is 3.53. The van der Waals surface area contributed by atoms with Crippen molar-refractivity contribution in [3.05, 3.63) is 0 Å². The first-order valence-electron chi connectivity index (χ1n) is 7.34. The van der Waals surface area contributed by atoms with Crippen molar-refractivity contribution in [1.82, 2.24) is 10.2 Å². The summed E-state index contributed by atoms with van der Waals surface area (Å²) in [7, 11) is 1.82. The van der Waals surface area contributed by atoms with Crippen molar-refractivity contribution in [3.8, 4) is 0 Å². The van der Waals surface area contributed by atoms with E-state index < -0.39 is 0 Å². The second kappa shape index (κ2) is 6.85. The molecule has 4 heteroatoms. The molecule has 0 aromatic rings. The Morgan fingerprint density at radius 2 is 2.39 bits per heavy atom. The van der Waals surface area contributed by atoms with Crippen LogP contribution in [0.25, 0.3) is 0 Å². The first-order valence-corrected chi connectivity index (χ1v) is 7.34. The molecule has 0 amide bonds. The Labute approximate surface area is 111 Å². The molecule has 0 saturated carbocycles. The summed E-state index contributed by atoms with van der Waals surface area (Å²) < 4.78 is 11.2. The number of hydrogen-bond donors (Lipinski definition) is 1. The maximum Gasteiger partial charge on any atom is 0.106 e. The topological polar surface area (TPSA) is 33.7 Å². The molecule has 106 valence electrons. The van der Waals surface area contributed by atoms with Gasteiger partial charge in [0.15, 0.2) is 0 Å². The second-order valence-electron chi connectivity index (χ2n) is 5.78. The third kappa shape index (κ3) is 3.67. The molecule has 2 aliphatic rings. The van der Waals surface area contributed by atoms with Crippen LogP contribution in [0.3, 0.4) is 0 Å². The Morgan fingerprint density at radius 3 is 3.06 bits per heavy atom. The minimum Gasteiger partial charge on any atom is -0.378 e. The highest BCUT2D eigenvalue weighted by Crippen LogP contribution is 2.26. The van der Waals surface area contributed by atoms with Gasteiger partial charge in [0.25, 0.3) is 0 Å². The van der Waals surface area contributed by atoms with E-state index in [2.05, 4.69) is 17.1 Å². The molecule has 18 heavy (non-hydrogen) atoms. The van der Waals surface area contributed by atoms with Crippen molar-refractivity contribution < 1.29 is 9.47 Å². The van der Waals surface area contributed by atoms with Gasteiger partial charge >= 0.3 is 0 Å². The van der Waals surface area contributed by atoms with Gasteiger partial charge in [-0.25, -0.2) is 0 Å². The van der Waals surface area contributed by atoms with E-state index in [1.165, 1.54) is 32.5 Å². The molecule has 1 N–H and O–H groups in total. The van der Waals surface area contributed by atoms with Crippen molar-refractivity contribution in [1.29, 1.82) is 0 Å². The third-order valence-corrected chi connectivity index (χ3v) is 4.24. The van der Waals surface area contributed by atoms with Crippen molar-refractivity contribution in [3.63, 3.8) is 0 Å². The molecule has 2 aliphatic heterocycles. The van der Waals surface area contributed by atoms with Crippen molar-refractivity contribution in [2.45, 2.75) is 31.8 Å². The quantitative estimate of drug-likeness (QED) is 0.692. The Bertz CT molecular complexity index is 242. The molecule has 0 spiro atoms. The summed E-state index contributed by atoms with van der Waals surface area (Å²) >= 11 is 0. The van der Waals surface area contributed by atoms with Crippen LogP contribution < -0.4 is 5.32 Å². The van der Waals surface area contributed by atoms with Gasteiger partial charge in [-0.3, -0.25) is 0 Å². The Kier molecular flexibility index (Phi) is 5.42. The zero-order chi connectivity index (χ0) is 12.8. The van der Waals surface area contributed by atoms with E-state index >= 15 is 0 Å². The molecule has 2 heterocycles. The van der Waals surface area contributed by atoms with Crippen LogP contribution in [0.5, 0.6) is 0 Å². The van der Waals surface area contributed by atoms with Crippen molar-refractivity contribution >= 4 is 0 Å². The molecule has 0 aromatic heterocycles. The van der Waals surface area contributed by atoms with Crippen LogP contribution in [-0.2, 0) is 9.47 Å². The molecular weight excluding hydrogens is 228 g/mol. The predicted octanol–water partition coefficient (Wildman–Crippen LogP) is 1.11. The number of ether oxygens (including phenoxy) is 2. The zero-order valence-electron chi connectivity index (χ0n) is 11.9. The zero-order valence-corrected chi connectivity index (χ0v) is 11.9. The minimum absolute atomic E-state index is 0.0360. The van der Waals surface area contributed by atoms with Crippen LogP contribution in [0.15, 0.2) is 0 Å². The Morgan fingerprint density at radius 1 is 1.50 bits per heavy atom. The van der Waals surface area contributed by atoms with E-state index in [-0.39, 0.29) is 5.60 Å². The molecule has 2 unspecified atom stereocenters. The fourth-order valence-electron chi connectivity index (χ4n) is 3.05. The fraction of sp³-hybridized carbons (Fsp3) is 1.00. The maximum absolute atomic E-state index is 5.71. The fourth-order valence-corrected chi connectivity index (χ4v) is 3.05. The van der Waals surface area contributed by atoms with Crippen molar-refractivity contribution in [2.24, 2.45) is 5.92 Å². The monoisotopic (exact) mass is 256 g/mol. The van der Waals surface area contributed by atoms with Crippen LogP contribution >= 0.6 is 0 Å². The van der Waals surface area contributed by atoms with Crippen LogP contribution in [0.1, 0.15) is 26.2 Å². The lowest BCUT2D eigenvalue weighted by Gasteiger charge is -2.31.